The van der Waals surface area contributed by atoms with Gasteiger partial charge in [0.15, 0.2) is 0 Å². The molecule has 2 aromatic rings. The minimum atomic E-state index is -0.154. The van der Waals surface area contributed by atoms with Gasteiger partial charge in [-0.25, -0.2) is 0 Å². The molecule has 1 atom stereocenters. The molecule has 3 rings (SSSR count). The van der Waals surface area contributed by atoms with Crippen LogP contribution in [0.1, 0.15) is 27.3 Å². The van der Waals surface area contributed by atoms with Crippen LogP contribution in [0.15, 0.2) is 48.7 Å². The van der Waals surface area contributed by atoms with Crippen molar-refractivity contribution in [1.29, 1.82) is 0 Å². The van der Waals surface area contributed by atoms with Gasteiger partial charge in [0, 0.05) is 35.9 Å². The predicted octanol–water partition coefficient (Wildman–Crippen LogP) is 2.38. The number of hydrogen-bond acceptors (Lipinski definition) is 3. The minimum Gasteiger partial charge on any atom is -0.347 e. The fraction of sp³-hybridized carbons (Fsp3) is 0.235. The molecule has 1 aromatic heterocycles. The molecule has 2 heterocycles. The molecule has 0 spiro atoms. The molecule has 0 bridgehead atoms. The second-order valence-corrected chi connectivity index (χ2v) is 5.87. The molecule has 1 aliphatic rings. The molecular weight excluding hydrogens is 314 g/mol. The van der Waals surface area contributed by atoms with E-state index in [4.69, 9.17) is 11.6 Å². The van der Waals surface area contributed by atoms with Crippen LogP contribution in [0.2, 0.25) is 5.02 Å². The summed E-state index contributed by atoms with van der Waals surface area (Å²) >= 11 is 5.82. The third-order valence-corrected chi connectivity index (χ3v) is 4.05. The summed E-state index contributed by atoms with van der Waals surface area (Å²) in [6.07, 6.45) is 2.33. The Morgan fingerprint density at radius 2 is 1.96 bits per heavy atom. The summed E-state index contributed by atoms with van der Waals surface area (Å²) in [5.74, 6) is -0.257. The van der Waals surface area contributed by atoms with E-state index in [9.17, 15) is 9.59 Å². The third kappa shape index (κ3) is 3.68. The zero-order chi connectivity index (χ0) is 16.2. The van der Waals surface area contributed by atoms with E-state index in [2.05, 4.69) is 10.3 Å². The van der Waals surface area contributed by atoms with E-state index in [1.807, 2.05) is 0 Å². The van der Waals surface area contributed by atoms with Crippen molar-refractivity contribution in [3.63, 3.8) is 0 Å². The Labute approximate surface area is 139 Å². The van der Waals surface area contributed by atoms with Crippen LogP contribution in [0.5, 0.6) is 0 Å². The first-order valence-electron chi connectivity index (χ1n) is 7.40. The van der Waals surface area contributed by atoms with Crippen molar-refractivity contribution in [3.8, 4) is 0 Å². The zero-order valence-electron chi connectivity index (χ0n) is 12.4. The van der Waals surface area contributed by atoms with Crippen molar-refractivity contribution in [3.05, 3.63) is 64.9 Å². The molecule has 1 N–H and O–H groups in total. The Kier molecular flexibility index (Phi) is 4.57. The number of rotatable bonds is 3. The van der Waals surface area contributed by atoms with Crippen LogP contribution in [0.25, 0.3) is 0 Å². The van der Waals surface area contributed by atoms with Gasteiger partial charge >= 0.3 is 0 Å². The van der Waals surface area contributed by atoms with Crippen LogP contribution in [0, 0.1) is 0 Å². The molecular formula is C17H16ClN3O2. The van der Waals surface area contributed by atoms with E-state index in [-0.39, 0.29) is 17.9 Å². The Morgan fingerprint density at radius 3 is 2.65 bits per heavy atom. The van der Waals surface area contributed by atoms with E-state index >= 15 is 0 Å². The van der Waals surface area contributed by atoms with Gasteiger partial charge in [-0.15, -0.1) is 0 Å². The molecule has 6 heteroatoms. The minimum absolute atomic E-state index is 0.0501. The number of halogens is 1. The van der Waals surface area contributed by atoms with Gasteiger partial charge < -0.3 is 10.2 Å². The third-order valence-electron chi connectivity index (χ3n) is 3.80. The van der Waals surface area contributed by atoms with Crippen LogP contribution in [-0.2, 0) is 0 Å². The summed E-state index contributed by atoms with van der Waals surface area (Å²) in [6, 6.07) is 11.9. The number of nitrogens with zero attached hydrogens (tertiary/aromatic N) is 2. The highest BCUT2D eigenvalue weighted by Crippen LogP contribution is 2.14. The maximum absolute atomic E-state index is 12.3. The van der Waals surface area contributed by atoms with E-state index < -0.39 is 0 Å². The highest BCUT2D eigenvalue weighted by atomic mass is 35.5. The number of nitrogens with one attached hydrogen (secondary N) is 1. The number of carbonyl (C=O) groups excluding carboxylic acids is 2. The monoisotopic (exact) mass is 329 g/mol. The molecule has 1 aliphatic heterocycles. The predicted molar refractivity (Wildman–Crippen MR) is 87.5 cm³/mol. The number of likely N-dealkylation sites (tertiary alicyclic amines) is 1. The zero-order valence-corrected chi connectivity index (χ0v) is 13.2. The van der Waals surface area contributed by atoms with Crippen molar-refractivity contribution in [2.24, 2.45) is 0 Å². The molecule has 5 nitrogen and oxygen atoms in total. The van der Waals surface area contributed by atoms with E-state index in [0.717, 1.165) is 6.42 Å². The molecule has 2 amide bonds. The van der Waals surface area contributed by atoms with Gasteiger partial charge in [-0.1, -0.05) is 17.7 Å². The van der Waals surface area contributed by atoms with Crippen LogP contribution < -0.4 is 5.32 Å². The molecule has 23 heavy (non-hydrogen) atoms. The van der Waals surface area contributed by atoms with Crippen LogP contribution in [0.3, 0.4) is 0 Å². The number of carbonyl (C=O) groups is 2. The highest BCUT2D eigenvalue weighted by molar-refractivity contribution is 6.30. The van der Waals surface area contributed by atoms with Crippen molar-refractivity contribution < 1.29 is 9.59 Å². The SMILES string of the molecule is O=C(N[C@H]1CCN(C(=O)c2ccccn2)C1)c1ccc(Cl)cc1. The Bertz CT molecular complexity index is 704. The van der Waals surface area contributed by atoms with E-state index in [0.29, 0.717) is 29.4 Å². The van der Waals surface area contributed by atoms with Crippen molar-refractivity contribution >= 4 is 23.4 Å². The quantitative estimate of drug-likeness (QED) is 0.940. The summed E-state index contributed by atoms with van der Waals surface area (Å²) in [4.78, 5) is 30.3. The second kappa shape index (κ2) is 6.79. The van der Waals surface area contributed by atoms with Crippen molar-refractivity contribution in [1.82, 2.24) is 15.2 Å². The lowest BCUT2D eigenvalue weighted by Gasteiger charge is -2.16. The molecule has 0 unspecified atom stereocenters. The average Bonchev–Trinajstić information content (AvgIpc) is 3.04. The van der Waals surface area contributed by atoms with Gasteiger partial charge in [0.2, 0.25) is 0 Å². The van der Waals surface area contributed by atoms with Gasteiger partial charge in [0.25, 0.3) is 11.8 Å². The fourth-order valence-corrected chi connectivity index (χ4v) is 2.71. The Morgan fingerprint density at radius 1 is 1.17 bits per heavy atom. The lowest BCUT2D eigenvalue weighted by atomic mass is 10.2. The standard InChI is InChI=1S/C17H16ClN3O2/c18-13-6-4-12(5-7-13)16(22)20-14-8-10-21(11-14)17(23)15-3-1-2-9-19-15/h1-7,9,14H,8,10-11H2,(H,20,22)/t14-/m0/s1. The average molecular weight is 330 g/mol. The smallest absolute Gasteiger partial charge is 0.272 e. The summed E-state index contributed by atoms with van der Waals surface area (Å²) in [7, 11) is 0. The second-order valence-electron chi connectivity index (χ2n) is 5.43. The van der Waals surface area contributed by atoms with Crippen LogP contribution in [0.4, 0.5) is 0 Å². The topological polar surface area (TPSA) is 62.3 Å². The number of amides is 2. The van der Waals surface area contributed by atoms with Crippen LogP contribution in [-0.4, -0.2) is 40.8 Å². The first-order valence-corrected chi connectivity index (χ1v) is 7.78. The summed E-state index contributed by atoms with van der Waals surface area (Å²) < 4.78 is 0. The number of aromatic nitrogens is 1. The first-order chi connectivity index (χ1) is 11.1. The lowest BCUT2D eigenvalue weighted by Crippen LogP contribution is -2.38. The number of benzene rings is 1. The van der Waals surface area contributed by atoms with Gasteiger partial charge in [-0.3, -0.25) is 14.6 Å². The largest absolute Gasteiger partial charge is 0.347 e. The molecule has 1 aromatic carbocycles. The first kappa shape index (κ1) is 15.5. The maximum atomic E-state index is 12.3. The van der Waals surface area contributed by atoms with Gasteiger partial charge in [-0.05, 0) is 42.8 Å². The molecule has 118 valence electrons. The molecule has 1 fully saturated rings. The van der Waals surface area contributed by atoms with Gasteiger partial charge in [0.1, 0.15) is 5.69 Å². The lowest BCUT2D eigenvalue weighted by molar-refractivity contribution is 0.0777. The van der Waals surface area contributed by atoms with Gasteiger partial charge in [-0.2, -0.15) is 0 Å². The normalized spacial score (nSPS) is 17.1. The maximum Gasteiger partial charge on any atom is 0.272 e. The molecule has 0 aliphatic carbocycles. The number of pyridine rings is 1. The highest BCUT2D eigenvalue weighted by Gasteiger charge is 2.28. The van der Waals surface area contributed by atoms with Gasteiger partial charge in [0.05, 0.1) is 0 Å². The summed E-state index contributed by atoms with van der Waals surface area (Å²) in [5.41, 5.74) is 0.987. The van der Waals surface area contributed by atoms with E-state index in [1.54, 1.807) is 53.6 Å². The fourth-order valence-electron chi connectivity index (χ4n) is 2.58. The number of hydrogen-bond donors (Lipinski definition) is 1. The molecule has 0 radical (unpaired) electrons. The Balaban J connectivity index is 1.58. The van der Waals surface area contributed by atoms with Crippen molar-refractivity contribution in [2.75, 3.05) is 13.1 Å². The molecule has 0 saturated carbocycles. The Hall–Kier alpha value is -2.40. The molecule has 1 saturated heterocycles. The van der Waals surface area contributed by atoms with Crippen LogP contribution >= 0.6 is 11.6 Å². The van der Waals surface area contributed by atoms with Crippen molar-refractivity contribution in [2.45, 2.75) is 12.5 Å². The summed E-state index contributed by atoms with van der Waals surface area (Å²) in [5, 5.41) is 3.55. The van der Waals surface area contributed by atoms with E-state index in [1.165, 1.54) is 0 Å². The summed E-state index contributed by atoms with van der Waals surface area (Å²) in [6.45, 7) is 1.11.